The van der Waals surface area contributed by atoms with Gasteiger partial charge in [0.25, 0.3) is 5.91 Å². The number of pyridine rings is 1. The second-order valence-corrected chi connectivity index (χ2v) is 13.0. The van der Waals surface area contributed by atoms with Gasteiger partial charge >= 0.3 is 0 Å². The van der Waals surface area contributed by atoms with Crippen LogP contribution in [0.4, 0.5) is 4.39 Å². The molecule has 1 N–H and O–H groups in total. The average molecular weight is 562 g/mol. The fraction of sp³-hybridized carbons (Fsp3) is 0.545. The lowest BCUT2D eigenvalue weighted by Gasteiger charge is -2.50. The van der Waals surface area contributed by atoms with Gasteiger partial charge in [-0.2, -0.15) is 0 Å². The summed E-state index contributed by atoms with van der Waals surface area (Å²) >= 11 is 0. The molecule has 1 aromatic carbocycles. The number of hydrogen-bond donors (Lipinski definition) is 1. The Morgan fingerprint density at radius 2 is 1.88 bits per heavy atom. The first-order chi connectivity index (χ1) is 19.5. The fourth-order valence-corrected chi connectivity index (χ4v) is 7.00. The zero-order chi connectivity index (χ0) is 29.5. The molecule has 3 aromatic rings. The SMILES string of the molecule is CNC(=O)[C@H]1CC[C@H](CN2CC(C)(Cc3cn(-c4ccc(F)cc4C(=O)N(C)C(C)C)c4cncc(C)c34)C2)CC1. The Morgan fingerprint density at radius 3 is 2.54 bits per heavy atom. The monoisotopic (exact) mass is 561 g/mol. The number of fused-ring (bicyclic) bond motifs is 1. The molecule has 0 unspecified atom stereocenters. The highest BCUT2D eigenvalue weighted by Crippen LogP contribution is 2.40. The van der Waals surface area contributed by atoms with Crippen molar-refractivity contribution in [2.24, 2.45) is 17.3 Å². The van der Waals surface area contributed by atoms with E-state index in [-0.39, 0.29) is 29.2 Å². The van der Waals surface area contributed by atoms with Crippen LogP contribution in [0.3, 0.4) is 0 Å². The number of likely N-dealkylation sites (tertiary alicyclic amines) is 1. The first kappa shape index (κ1) is 29.2. The highest BCUT2D eigenvalue weighted by Gasteiger charge is 2.40. The normalized spacial score (nSPS) is 20.7. The van der Waals surface area contributed by atoms with Gasteiger partial charge in [0.1, 0.15) is 5.82 Å². The molecule has 3 heterocycles. The Hall–Kier alpha value is -3.26. The van der Waals surface area contributed by atoms with Crippen LogP contribution in [0.1, 0.15) is 67.9 Å². The number of halogens is 1. The zero-order valence-electron chi connectivity index (χ0n) is 25.3. The summed E-state index contributed by atoms with van der Waals surface area (Å²) in [6, 6.07) is 4.46. The fourth-order valence-electron chi connectivity index (χ4n) is 7.00. The number of rotatable bonds is 8. The Labute approximate surface area is 243 Å². The lowest BCUT2D eigenvalue weighted by molar-refractivity contribution is -0.125. The van der Waals surface area contributed by atoms with Gasteiger partial charge in [-0.3, -0.25) is 14.6 Å². The molecule has 8 heteroatoms. The number of nitrogens with zero attached hydrogens (tertiary/aromatic N) is 4. The van der Waals surface area contributed by atoms with E-state index in [1.54, 1.807) is 25.1 Å². The van der Waals surface area contributed by atoms with Gasteiger partial charge < -0.3 is 19.7 Å². The van der Waals surface area contributed by atoms with Gasteiger partial charge in [0.15, 0.2) is 0 Å². The number of benzene rings is 1. The molecule has 1 aliphatic heterocycles. The van der Waals surface area contributed by atoms with Crippen molar-refractivity contribution in [3.8, 4) is 5.69 Å². The molecule has 0 spiro atoms. The van der Waals surface area contributed by atoms with E-state index in [4.69, 9.17) is 0 Å². The van der Waals surface area contributed by atoms with Gasteiger partial charge in [-0.1, -0.05) is 6.92 Å². The van der Waals surface area contributed by atoms with E-state index in [2.05, 4.69) is 35.2 Å². The van der Waals surface area contributed by atoms with Crippen molar-refractivity contribution >= 4 is 22.7 Å². The van der Waals surface area contributed by atoms with Gasteiger partial charge in [-0.15, -0.1) is 0 Å². The Balaban J connectivity index is 1.36. The third kappa shape index (κ3) is 5.89. The quantitative estimate of drug-likeness (QED) is 0.402. The van der Waals surface area contributed by atoms with Crippen LogP contribution in [0, 0.1) is 30.0 Å². The lowest BCUT2D eigenvalue weighted by Crippen LogP contribution is -2.57. The van der Waals surface area contributed by atoms with Gasteiger partial charge in [0.05, 0.1) is 23.0 Å². The predicted octanol–water partition coefficient (Wildman–Crippen LogP) is 5.37. The Bertz CT molecular complexity index is 1430. The minimum absolute atomic E-state index is 0.00751. The Morgan fingerprint density at radius 1 is 1.17 bits per heavy atom. The molecular weight excluding hydrogens is 517 g/mol. The maximum atomic E-state index is 14.4. The molecule has 5 rings (SSSR count). The number of carbonyl (C=O) groups is 2. The average Bonchev–Trinajstić information content (AvgIpc) is 3.30. The van der Waals surface area contributed by atoms with Crippen molar-refractivity contribution in [1.29, 1.82) is 0 Å². The molecule has 0 radical (unpaired) electrons. The number of aryl methyl sites for hydroxylation is 1. The van der Waals surface area contributed by atoms with Gasteiger partial charge in [-0.25, -0.2) is 4.39 Å². The summed E-state index contributed by atoms with van der Waals surface area (Å²) < 4.78 is 16.4. The third-order valence-corrected chi connectivity index (χ3v) is 9.33. The molecule has 2 fully saturated rings. The number of nitrogens with one attached hydrogen (secondary N) is 1. The molecule has 2 amide bonds. The molecule has 0 bridgehead atoms. The largest absolute Gasteiger partial charge is 0.359 e. The van der Waals surface area contributed by atoms with Gasteiger partial charge in [0.2, 0.25) is 5.91 Å². The highest BCUT2D eigenvalue weighted by atomic mass is 19.1. The molecule has 1 aliphatic carbocycles. The maximum Gasteiger partial charge on any atom is 0.256 e. The predicted molar refractivity (Wildman–Crippen MR) is 161 cm³/mol. The van der Waals surface area contributed by atoms with E-state index in [1.165, 1.54) is 17.7 Å². The Kier molecular flexibility index (Phi) is 8.24. The maximum absolute atomic E-state index is 14.4. The summed E-state index contributed by atoms with van der Waals surface area (Å²) in [7, 11) is 3.48. The van der Waals surface area contributed by atoms with Crippen LogP contribution in [0.15, 0.2) is 36.8 Å². The molecule has 41 heavy (non-hydrogen) atoms. The van der Waals surface area contributed by atoms with Crippen LogP contribution in [0.25, 0.3) is 16.6 Å². The van der Waals surface area contributed by atoms with E-state index in [1.807, 2.05) is 30.8 Å². The van der Waals surface area contributed by atoms with Crippen molar-refractivity contribution in [2.75, 3.05) is 33.7 Å². The molecule has 2 aromatic heterocycles. The van der Waals surface area contributed by atoms with Crippen molar-refractivity contribution in [3.05, 3.63) is 59.3 Å². The van der Waals surface area contributed by atoms with Crippen molar-refractivity contribution in [3.63, 3.8) is 0 Å². The van der Waals surface area contributed by atoms with Crippen molar-refractivity contribution in [2.45, 2.75) is 65.8 Å². The molecule has 1 saturated carbocycles. The summed E-state index contributed by atoms with van der Waals surface area (Å²) in [5.74, 6) is 0.396. The van der Waals surface area contributed by atoms with Crippen LogP contribution < -0.4 is 5.32 Å². The standard InChI is InChI=1S/C33H44FN5O2/c1-21(2)37(6)32(41)27-13-26(34)11-12-28(27)39-18-25(30-22(3)15-36-16-29(30)39)14-33(4)19-38(20-33)17-23-7-9-24(10-8-23)31(40)35-5/h11-13,15-16,18,21,23-24H,7-10,14,17,19-20H2,1-6H3,(H,35,40)/t23-,24-. The first-order valence-electron chi connectivity index (χ1n) is 14.9. The summed E-state index contributed by atoms with van der Waals surface area (Å²) in [5.41, 5.74) is 4.42. The van der Waals surface area contributed by atoms with Crippen LogP contribution in [-0.4, -0.2) is 70.9 Å². The second-order valence-electron chi connectivity index (χ2n) is 13.0. The van der Waals surface area contributed by atoms with Crippen molar-refractivity contribution < 1.29 is 14.0 Å². The number of aromatic nitrogens is 2. The van der Waals surface area contributed by atoms with Gasteiger partial charge in [-0.05, 0) is 93.5 Å². The zero-order valence-corrected chi connectivity index (χ0v) is 25.3. The molecule has 220 valence electrons. The summed E-state index contributed by atoms with van der Waals surface area (Å²) in [4.78, 5) is 34.1. The number of carbonyl (C=O) groups excluding carboxylic acids is 2. The third-order valence-electron chi connectivity index (χ3n) is 9.33. The lowest BCUT2D eigenvalue weighted by atomic mass is 9.75. The molecule has 0 atom stereocenters. The summed E-state index contributed by atoms with van der Waals surface area (Å²) in [6.45, 7) is 11.5. The van der Waals surface area contributed by atoms with Crippen LogP contribution in [0.5, 0.6) is 0 Å². The van der Waals surface area contributed by atoms with E-state index in [0.29, 0.717) is 17.2 Å². The van der Waals surface area contributed by atoms with E-state index in [0.717, 1.165) is 68.2 Å². The smallest absolute Gasteiger partial charge is 0.256 e. The molecule has 1 saturated heterocycles. The summed E-state index contributed by atoms with van der Waals surface area (Å²) in [6.07, 6.45) is 11.0. The first-order valence-corrected chi connectivity index (χ1v) is 14.9. The van der Waals surface area contributed by atoms with E-state index >= 15 is 0 Å². The minimum atomic E-state index is -0.426. The van der Waals surface area contributed by atoms with E-state index in [9.17, 15) is 14.0 Å². The number of amides is 2. The number of hydrogen-bond acceptors (Lipinski definition) is 4. The van der Waals surface area contributed by atoms with Crippen LogP contribution in [0.2, 0.25) is 0 Å². The topological polar surface area (TPSA) is 70.5 Å². The van der Waals surface area contributed by atoms with Crippen LogP contribution in [-0.2, 0) is 11.2 Å². The second kappa shape index (κ2) is 11.6. The van der Waals surface area contributed by atoms with E-state index < -0.39 is 5.82 Å². The molecular formula is C33H44FN5O2. The molecule has 2 aliphatic rings. The molecule has 7 nitrogen and oxygen atoms in total. The highest BCUT2D eigenvalue weighted by molar-refractivity contribution is 5.99. The summed E-state index contributed by atoms with van der Waals surface area (Å²) in [5, 5.41) is 3.96. The van der Waals surface area contributed by atoms with Gasteiger partial charge in [0, 0.05) is 63.5 Å². The minimum Gasteiger partial charge on any atom is -0.359 e. The van der Waals surface area contributed by atoms with Crippen molar-refractivity contribution in [1.82, 2.24) is 24.7 Å². The van der Waals surface area contributed by atoms with Crippen LogP contribution >= 0.6 is 0 Å².